The molecule has 0 aliphatic carbocycles. The predicted molar refractivity (Wildman–Crippen MR) is 71.4 cm³/mol. The first kappa shape index (κ1) is 14.5. The molecule has 0 bridgehead atoms. The van der Waals surface area contributed by atoms with Crippen LogP contribution in [0, 0.1) is 5.92 Å². The molecule has 98 valence electrons. The highest BCUT2D eigenvalue weighted by molar-refractivity contribution is 7.11. The number of nitrogens with one attached hydrogen (secondary N) is 1. The van der Waals surface area contributed by atoms with Gasteiger partial charge in [-0.15, -0.1) is 10.2 Å². The normalized spacial score (nSPS) is 14.8. The van der Waals surface area contributed by atoms with Crippen molar-refractivity contribution >= 4 is 11.3 Å². The Morgan fingerprint density at radius 3 is 2.71 bits per heavy atom. The van der Waals surface area contributed by atoms with Gasteiger partial charge in [0.05, 0.1) is 6.04 Å². The maximum Gasteiger partial charge on any atom is 0.134 e. The van der Waals surface area contributed by atoms with E-state index >= 15 is 0 Å². The molecule has 2 unspecified atom stereocenters. The molecule has 5 heteroatoms. The highest BCUT2D eigenvalue weighted by atomic mass is 32.1. The standard InChI is InChI=1S/C12H23N3OS/c1-5-10(13-6-2)12-15-14-11(17-12)7-9(3)8-16-4/h9-10,13H,5-8H2,1-4H3. The molecule has 0 saturated heterocycles. The van der Waals surface area contributed by atoms with Gasteiger partial charge in [0.1, 0.15) is 10.0 Å². The zero-order chi connectivity index (χ0) is 12.7. The van der Waals surface area contributed by atoms with Crippen molar-refractivity contribution in [1.82, 2.24) is 15.5 Å². The fourth-order valence-electron chi connectivity index (χ4n) is 1.78. The number of aromatic nitrogens is 2. The number of rotatable bonds is 8. The molecule has 2 atom stereocenters. The maximum absolute atomic E-state index is 5.13. The Balaban J connectivity index is 2.57. The van der Waals surface area contributed by atoms with E-state index in [9.17, 15) is 0 Å². The summed E-state index contributed by atoms with van der Waals surface area (Å²) in [5, 5.41) is 14.2. The van der Waals surface area contributed by atoms with Gasteiger partial charge in [0.2, 0.25) is 0 Å². The van der Waals surface area contributed by atoms with Crippen LogP contribution >= 0.6 is 11.3 Å². The highest BCUT2D eigenvalue weighted by Gasteiger charge is 2.15. The quantitative estimate of drug-likeness (QED) is 0.777. The van der Waals surface area contributed by atoms with Crippen LogP contribution in [0.4, 0.5) is 0 Å². The summed E-state index contributed by atoms with van der Waals surface area (Å²) in [5.41, 5.74) is 0. The van der Waals surface area contributed by atoms with E-state index < -0.39 is 0 Å². The summed E-state index contributed by atoms with van der Waals surface area (Å²) in [7, 11) is 1.74. The third-order valence-corrected chi connectivity index (χ3v) is 3.67. The molecular weight excluding hydrogens is 234 g/mol. The SMILES string of the molecule is CCNC(CC)c1nnc(CC(C)COC)s1. The molecule has 1 N–H and O–H groups in total. The summed E-state index contributed by atoms with van der Waals surface area (Å²) in [6.45, 7) is 8.20. The third-order valence-electron chi connectivity index (χ3n) is 2.61. The Morgan fingerprint density at radius 1 is 1.35 bits per heavy atom. The lowest BCUT2D eigenvalue weighted by atomic mass is 10.1. The van der Waals surface area contributed by atoms with Crippen LogP contribution in [0.5, 0.6) is 0 Å². The molecule has 1 rings (SSSR count). The van der Waals surface area contributed by atoms with E-state index in [1.54, 1.807) is 18.4 Å². The zero-order valence-electron chi connectivity index (χ0n) is 11.2. The molecule has 0 aromatic carbocycles. The van der Waals surface area contributed by atoms with Crippen molar-refractivity contribution < 1.29 is 4.74 Å². The van der Waals surface area contributed by atoms with Crippen LogP contribution in [0.1, 0.15) is 43.2 Å². The minimum Gasteiger partial charge on any atom is -0.384 e. The van der Waals surface area contributed by atoms with Gasteiger partial charge >= 0.3 is 0 Å². The molecule has 0 fully saturated rings. The Bertz CT molecular complexity index is 316. The van der Waals surface area contributed by atoms with E-state index in [1.165, 1.54) is 0 Å². The Hall–Kier alpha value is -0.520. The Labute approximate surface area is 108 Å². The zero-order valence-corrected chi connectivity index (χ0v) is 12.0. The van der Waals surface area contributed by atoms with Crippen LogP contribution in [0.2, 0.25) is 0 Å². The molecule has 0 saturated carbocycles. The van der Waals surface area contributed by atoms with Crippen molar-refractivity contribution in [3.8, 4) is 0 Å². The Kier molecular flexibility index (Phi) is 6.62. The topological polar surface area (TPSA) is 47.0 Å². The van der Waals surface area contributed by atoms with Gasteiger partial charge in [-0.25, -0.2) is 0 Å². The van der Waals surface area contributed by atoms with Gasteiger partial charge in [0.25, 0.3) is 0 Å². The first-order chi connectivity index (χ1) is 8.21. The van der Waals surface area contributed by atoms with Crippen LogP contribution < -0.4 is 5.32 Å². The number of nitrogens with zero attached hydrogens (tertiary/aromatic N) is 2. The van der Waals surface area contributed by atoms with E-state index in [0.29, 0.717) is 12.0 Å². The second-order valence-electron chi connectivity index (χ2n) is 4.32. The van der Waals surface area contributed by atoms with Gasteiger partial charge in [0, 0.05) is 20.1 Å². The highest BCUT2D eigenvalue weighted by Crippen LogP contribution is 2.22. The minimum absolute atomic E-state index is 0.351. The molecule has 1 aromatic rings. The van der Waals surface area contributed by atoms with Crippen molar-refractivity contribution in [2.45, 2.75) is 39.7 Å². The van der Waals surface area contributed by atoms with E-state index in [-0.39, 0.29) is 0 Å². The van der Waals surface area contributed by atoms with Crippen molar-refractivity contribution in [3.63, 3.8) is 0 Å². The first-order valence-corrected chi connectivity index (χ1v) is 7.07. The number of methoxy groups -OCH3 is 1. The molecular formula is C12H23N3OS. The molecule has 1 aromatic heterocycles. The second kappa shape index (κ2) is 7.74. The molecule has 0 amide bonds. The van der Waals surface area contributed by atoms with Gasteiger partial charge in [-0.05, 0) is 18.9 Å². The van der Waals surface area contributed by atoms with Crippen molar-refractivity contribution in [3.05, 3.63) is 10.0 Å². The third kappa shape index (κ3) is 4.69. The minimum atomic E-state index is 0.351. The molecule has 0 aliphatic heterocycles. The summed E-state index contributed by atoms with van der Waals surface area (Å²) >= 11 is 1.72. The number of ether oxygens (including phenoxy) is 1. The van der Waals surface area contributed by atoms with Crippen LogP contribution in [-0.4, -0.2) is 30.5 Å². The Morgan fingerprint density at radius 2 is 2.12 bits per heavy atom. The van der Waals surface area contributed by atoms with E-state index in [4.69, 9.17) is 4.74 Å². The van der Waals surface area contributed by atoms with Gasteiger partial charge in [-0.3, -0.25) is 0 Å². The summed E-state index contributed by atoms with van der Waals surface area (Å²) in [6.07, 6.45) is 2.00. The fraction of sp³-hybridized carbons (Fsp3) is 0.833. The van der Waals surface area contributed by atoms with Crippen molar-refractivity contribution in [2.75, 3.05) is 20.3 Å². The smallest absolute Gasteiger partial charge is 0.134 e. The van der Waals surface area contributed by atoms with E-state index in [1.807, 2.05) is 0 Å². The first-order valence-electron chi connectivity index (χ1n) is 6.25. The van der Waals surface area contributed by atoms with Gasteiger partial charge in [0.15, 0.2) is 0 Å². The van der Waals surface area contributed by atoms with Crippen LogP contribution in [-0.2, 0) is 11.2 Å². The molecule has 0 radical (unpaired) electrons. The number of hydrogen-bond acceptors (Lipinski definition) is 5. The lowest BCUT2D eigenvalue weighted by molar-refractivity contribution is 0.159. The van der Waals surface area contributed by atoms with E-state index in [0.717, 1.165) is 36.0 Å². The summed E-state index contributed by atoms with van der Waals surface area (Å²) < 4.78 is 5.13. The summed E-state index contributed by atoms with van der Waals surface area (Å²) in [4.78, 5) is 0. The summed E-state index contributed by atoms with van der Waals surface area (Å²) in [5.74, 6) is 0.500. The molecule has 0 aliphatic rings. The molecule has 0 spiro atoms. The lowest BCUT2D eigenvalue weighted by Crippen LogP contribution is -2.19. The van der Waals surface area contributed by atoms with Gasteiger partial charge in [-0.2, -0.15) is 0 Å². The molecule has 1 heterocycles. The van der Waals surface area contributed by atoms with Gasteiger partial charge in [-0.1, -0.05) is 32.1 Å². The summed E-state index contributed by atoms with van der Waals surface area (Å²) in [6, 6.07) is 0.351. The fourth-order valence-corrected chi connectivity index (χ4v) is 2.95. The van der Waals surface area contributed by atoms with Crippen LogP contribution in [0.15, 0.2) is 0 Å². The predicted octanol–water partition coefficient (Wildman–Crippen LogP) is 2.42. The second-order valence-corrected chi connectivity index (χ2v) is 5.41. The van der Waals surface area contributed by atoms with Gasteiger partial charge < -0.3 is 10.1 Å². The van der Waals surface area contributed by atoms with Crippen molar-refractivity contribution in [1.29, 1.82) is 0 Å². The molecule has 4 nitrogen and oxygen atoms in total. The number of hydrogen-bond donors (Lipinski definition) is 1. The van der Waals surface area contributed by atoms with Crippen molar-refractivity contribution in [2.24, 2.45) is 5.92 Å². The largest absolute Gasteiger partial charge is 0.384 e. The maximum atomic E-state index is 5.13. The van der Waals surface area contributed by atoms with Crippen LogP contribution in [0.25, 0.3) is 0 Å². The van der Waals surface area contributed by atoms with Crippen LogP contribution in [0.3, 0.4) is 0 Å². The average Bonchev–Trinajstić information content (AvgIpc) is 2.74. The lowest BCUT2D eigenvalue weighted by Gasteiger charge is -2.11. The monoisotopic (exact) mass is 257 g/mol. The van der Waals surface area contributed by atoms with E-state index in [2.05, 4.69) is 36.3 Å². The molecule has 17 heavy (non-hydrogen) atoms. The average molecular weight is 257 g/mol.